The third kappa shape index (κ3) is 5.62. The highest BCUT2D eigenvalue weighted by molar-refractivity contribution is 6.33. The molecule has 0 unspecified atom stereocenters. The molecular weight excluding hydrogens is 739 g/mol. The molecule has 0 bridgehead atoms. The molecule has 0 saturated heterocycles. The van der Waals surface area contributed by atoms with Gasteiger partial charge < -0.3 is 0 Å². The minimum atomic E-state index is -0.130. The first kappa shape index (κ1) is 35.2. The Bertz CT molecular complexity index is 3550. The number of rotatable bonds is 5. The molecule has 10 aromatic carbocycles. The molecule has 3 heteroatoms. The maximum atomic E-state index is 5.18. The molecule has 0 saturated carbocycles. The molecule has 0 radical (unpaired) electrons. The number of hydrogen-bond donors (Lipinski definition) is 0. The van der Waals surface area contributed by atoms with Gasteiger partial charge in [-0.2, -0.15) is 0 Å². The van der Waals surface area contributed by atoms with Gasteiger partial charge in [-0.1, -0.05) is 196 Å². The Morgan fingerprint density at radius 2 is 0.754 bits per heavy atom. The van der Waals surface area contributed by atoms with Gasteiger partial charge in [0.15, 0.2) is 17.5 Å². The second kappa shape index (κ2) is 13.7. The molecule has 1 aliphatic carbocycles. The van der Waals surface area contributed by atoms with E-state index in [1.807, 2.05) is 18.2 Å². The zero-order valence-electron chi connectivity index (χ0n) is 33.9. The van der Waals surface area contributed by atoms with Crippen LogP contribution in [0.3, 0.4) is 0 Å². The first-order valence-corrected chi connectivity index (χ1v) is 21.0. The standard InChI is InChI=1S/C58H39N3/c1-58(2)52-26-13-12-23-46(52)47-32-31-41(34-53(47)58)57-60-55(38-15-4-3-5-16-38)59-56(61-57)40-18-14-17-39(33-40)36-27-29-37(30-28-36)50-35-51-44-21-7-6-19-42(44)43-20-8-10-24-48(43)54(51)49-25-11-9-22-45(49)50/h3-35H,1-2H3. The van der Waals surface area contributed by atoms with Crippen molar-refractivity contribution >= 4 is 43.1 Å². The Hall–Kier alpha value is -7.75. The number of fused-ring (bicyclic) bond motifs is 11. The molecule has 0 spiro atoms. The van der Waals surface area contributed by atoms with Gasteiger partial charge in [-0.3, -0.25) is 0 Å². The molecule has 1 heterocycles. The number of nitrogens with zero attached hydrogens (tertiary/aromatic N) is 3. The van der Waals surface area contributed by atoms with Gasteiger partial charge in [0.2, 0.25) is 0 Å². The van der Waals surface area contributed by atoms with Crippen molar-refractivity contribution in [2.24, 2.45) is 0 Å². The Morgan fingerprint density at radius 1 is 0.279 bits per heavy atom. The van der Waals surface area contributed by atoms with E-state index in [2.05, 4.69) is 196 Å². The molecule has 12 rings (SSSR count). The second-order valence-electron chi connectivity index (χ2n) is 16.7. The fourth-order valence-electron chi connectivity index (χ4n) is 9.88. The van der Waals surface area contributed by atoms with Crippen molar-refractivity contribution in [3.8, 4) is 67.5 Å². The highest BCUT2D eigenvalue weighted by atomic mass is 15.0. The Morgan fingerprint density at radius 3 is 1.48 bits per heavy atom. The maximum Gasteiger partial charge on any atom is 0.164 e. The van der Waals surface area contributed by atoms with Gasteiger partial charge in [0.05, 0.1) is 0 Å². The summed E-state index contributed by atoms with van der Waals surface area (Å²) in [7, 11) is 0. The summed E-state index contributed by atoms with van der Waals surface area (Å²) in [6, 6.07) is 72.1. The third-order valence-electron chi connectivity index (χ3n) is 12.9. The molecule has 0 amide bonds. The normalized spacial score (nSPS) is 12.9. The maximum absolute atomic E-state index is 5.18. The van der Waals surface area contributed by atoms with Gasteiger partial charge in [0, 0.05) is 22.1 Å². The summed E-state index contributed by atoms with van der Waals surface area (Å²) in [6.45, 7) is 4.61. The van der Waals surface area contributed by atoms with Crippen LogP contribution in [0.4, 0.5) is 0 Å². The van der Waals surface area contributed by atoms with Gasteiger partial charge in [-0.15, -0.1) is 0 Å². The van der Waals surface area contributed by atoms with E-state index in [0.717, 1.165) is 27.8 Å². The fraction of sp³-hybridized carbons (Fsp3) is 0.0517. The molecule has 1 aliphatic rings. The summed E-state index contributed by atoms with van der Waals surface area (Å²) in [5.41, 5.74) is 12.6. The van der Waals surface area contributed by atoms with Crippen molar-refractivity contribution < 1.29 is 0 Å². The molecule has 0 N–H and O–H groups in total. The van der Waals surface area contributed by atoms with Crippen molar-refractivity contribution in [3.63, 3.8) is 0 Å². The van der Waals surface area contributed by atoms with Crippen LogP contribution < -0.4 is 0 Å². The molecule has 0 aliphatic heterocycles. The smallest absolute Gasteiger partial charge is 0.164 e. The van der Waals surface area contributed by atoms with Crippen LogP contribution in [0.2, 0.25) is 0 Å². The van der Waals surface area contributed by atoms with Crippen molar-refractivity contribution in [1.82, 2.24) is 15.0 Å². The molecule has 1 aromatic heterocycles. The van der Waals surface area contributed by atoms with E-state index in [0.29, 0.717) is 17.5 Å². The zero-order chi connectivity index (χ0) is 40.7. The van der Waals surface area contributed by atoms with Crippen LogP contribution in [0.15, 0.2) is 200 Å². The van der Waals surface area contributed by atoms with E-state index in [4.69, 9.17) is 15.0 Å². The molecule has 61 heavy (non-hydrogen) atoms. The predicted octanol–water partition coefficient (Wildman–Crippen LogP) is 15.1. The molecule has 3 nitrogen and oxygen atoms in total. The topological polar surface area (TPSA) is 38.7 Å². The summed E-state index contributed by atoms with van der Waals surface area (Å²) < 4.78 is 0. The average Bonchev–Trinajstić information content (AvgIpc) is 3.56. The summed E-state index contributed by atoms with van der Waals surface area (Å²) in [6.07, 6.45) is 0. The van der Waals surface area contributed by atoms with Crippen LogP contribution in [0, 0.1) is 0 Å². The van der Waals surface area contributed by atoms with Crippen LogP contribution in [0.1, 0.15) is 25.0 Å². The van der Waals surface area contributed by atoms with Gasteiger partial charge in [-0.05, 0) is 106 Å². The van der Waals surface area contributed by atoms with Crippen LogP contribution in [0.25, 0.3) is 111 Å². The zero-order valence-corrected chi connectivity index (χ0v) is 33.9. The molecule has 0 fully saturated rings. The Kier molecular flexibility index (Phi) is 7.88. The minimum absolute atomic E-state index is 0.130. The van der Waals surface area contributed by atoms with E-state index in [9.17, 15) is 0 Å². The van der Waals surface area contributed by atoms with Crippen LogP contribution in [-0.4, -0.2) is 15.0 Å². The predicted molar refractivity (Wildman–Crippen MR) is 255 cm³/mol. The van der Waals surface area contributed by atoms with E-state index in [-0.39, 0.29) is 5.41 Å². The quantitative estimate of drug-likeness (QED) is 0.163. The van der Waals surface area contributed by atoms with Gasteiger partial charge in [0.1, 0.15) is 0 Å². The summed E-state index contributed by atoms with van der Waals surface area (Å²) >= 11 is 0. The van der Waals surface area contributed by atoms with Crippen LogP contribution in [0.5, 0.6) is 0 Å². The van der Waals surface area contributed by atoms with Crippen molar-refractivity contribution in [3.05, 3.63) is 211 Å². The SMILES string of the molecule is CC1(C)c2ccccc2-c2ccc(-c3nc(-c4ccccc4)nc(-c4cccc(-c5ccc(-c6cc7c8ccccc8c8ccccc8c7c7ccccc67)cc5)c4)n3)cc21. The number of hydrogen-bond acceptors (Lipinski definition) is 3. The molecule has 286 valence electrons. The van der Waals surface area contributed by atoms with Crippen molar-refractivity contribution in [1.29, 1.82) is 0 Å². The van der Waals surface area contributed by atoms with Gasteiger partial charge in [-0.25, -0.2) is 15.0 Å². The first-order valence-electron chi connectivity index (χ1n) is 21.0. The van der Waals surface area contributed by atoms with E-state index < -0.39 is 0 Å². The Balaban J connectivity index is 0.952. The van der Waals surface area contributed by atoms with E-state index in [1.165, 1.54) is 76.5 Å². The summed E-state index contributed by atoms with van der Waals surface area (Å²) in [5.74, 6) is 1.96. The lowest BCUT2D eigenvalue weighted by atomic mass is 9.82. The number of aromatic nitrogens is 3. The molecule has 0 atom stereocenters. The van der Waals surface area contributed by atoms with Gasteiger partial charge >= 0.3 is 0 Å². The van der Waals surface area contributed by atoms with Crippen molar-refractivity contribution in [2.45, 2.75) is 19.3 Å². The Labute approximate surface area is 354 Å². The lowest BCUT2D eigenvalue weighted by molar-refractivity contribution is 0.660. The fourth-order valence-corrected chi connectivity index (χ4v) is 9.88. The lowest BCUT2D eigenvalue weighted by Crippen LogP contribution is -2.15. The highest BCUT2D eigenvalue weighted by Gasteiger charge is 2.35. The van der Waals surface area contributed by atoms with Crippen LogP contribution >= 0.6 is 0 Å². The van der Waals surface area contributed by atoms with E-state index in [1.54, 1.807) is 0 Å². The van der Waals surface area contributed by atoms with Crippen LogP contribution in [-0.2, 0) is 5.41 Å². The van der Waals surface area contributed by atoms with E-state index >= 15 is 0 Å². The largest absolute Gasteiger partial charge is 0.208 e. The second-order valence-corrected chi connectivity index (χ2v) is 16.7. The molecular formula is C58H39N3. The van der Waals surface area contributed by atoms with Crippen molar-refractivity contribution in [2.75, 3.05) is 0 Å². The average molecular weight is 778 g/mol. The third-order valence-corrected chi connectivity index (χ3v) is 12.9. The number of benzene rings is 10. The first-order chi connectivity index (χ1) is 30.0. The summed E-state index contributed by atoms with van der Waals surface area (Å²) in [5, 5.41) is 10.3. The highest BCUT2D eigenvalue weighted by Crippen LogP contribution is 2.49. The minimum Gasteiger partial charge on any atom is -0.208 e. The van der Waals surface area contributed by atoms with Gasteiger partial charge in [0.25, 0.3) is 0 Å². The molecule has 11 aromatic rings. The summed E-state index contributed by atoms with van der Waals surface area (Å²) in [4.78, 5) is 15.4. The lowest BCUT2D eigenvalue weighted by Gasteiger charge is -2.21. The monoisotopic (exact) mass is 777 g/mol.